The Morgan fingerprint density at radius 2 is 1.93 bits per heavy atom. The van der Waals surface area contributed by atoms with Crippen LogP contribution in [0.1, 0.15) is 56.5 Å². The molecule has 2 heterocycles. The number of nitrogens with one attached hydrogen (secondary N) is 1. The van der Waals surface area contributed by atoms with Crippen LogP contribution in [0, 0.1) is 0 Å². The number of aromatic nitrogens is 1. The van der Waals surface area contributed by atoms with Gasteiger partial charge in [0.1, 0.15) is 10.5 Å². The van der Waals surface area contributed by atoms with E-state index >= 15 is 0 Å². The molecule has 3 amide bonds. The number of fused-ring (bicyclic) bond motifs is 1. The lowest BCUT2D eigenvalue weighted by Crippen LogP contribution is -2.47. The molecule has 6 nitrogen and oxygen atoms in total. The van der Waals surface area contributed by atoms with E-state index in [0.29, 0.717) is 0 Å². The molecule has 1 spiro atoms. The number of thiazole rings is 1. The molecule has 0 unspecified atom stereocenters. The van der Waals surface area contributed by atoms with Crippen LogP contribution in [0.5, 0.6) is 0 Å². The maximum atomic E-state index is 13.1. The summed E-state index contributed by atoms with van der Waals surface area (Å²) in [6, 6.07) is 7.84. The van der Waals surface area contributed by atoms with Crippen molar-refractivity contribution in [2.24, 2.45) is 0 Å². The van der Waals surface area contributed by atoms with Gasteiger partial charge >= 0.3 is 6.03 Å². The number of amides is 3. The van der Waals surface area contributed by atoms with E-state index in [-0.39, 0.29) is 24.6 Å². The largest absolute Gasteiger partial charge is 0.326 e. The molecule has 2 fully saturated rings. The molecule has 7 heteroatoms. The molecule has 2 aliphatic rings. The van der Waals surface area contributed by atoms with Gasteiger partial charge < -0.3 is 5.32 Å². The second-order valence-corrected chi connectivity index (χ2v) is 8.82. The van der Waals surface area contributed by atoms with Gasteiger partial charge in [0.05, 0.1) is 22.9 Å². The van der Waals surface area contributed by atoms with Crippen molar-refractivity contribution < 1.29 is 9.59 Å². The van der Waals surface area contributed by atoms with Crippen molar-refractivity contribution in [3.63, 3.8) is 0 Å². The average Bonchev–Trinajstić information content (AvgIpc) is 3.08. The van der Waals surface area contributed by atoms with Gasteiger partial charge in [0.15, 0.2) is 0 Å². The molecule has 1 aromatic carbocycles. The minimum atomic E-state index is -0.673. The van der Waals surface area contributed by atoms with Gasteiger partial charge in [-0.1, -0.05) is 37.8 Å². The fraction of sp³-hybridized carbons (Fsp3) is 0.550. The van der Waals surface area contributed by atoms with E-state index in [4.69, 9.17) is 4.98 Å². The number of rotatable bonds is 4. The van der Waals surface area contributed by atoms with Crippen LogP contribution >= 0.6 is 11.3 Å². The van der Waals surface area contributed by atoms with Crippen molar-refractivity contribution in [1.29, 1.82) is 0 Å². The first-order chi connectivity index (χ1) is 13.0. The fourth-order valence-electron chi connectivity index (χ4n) is 4.08. The van der Waals surface area contributed by atoms with Crippen molar-refractivity contribution in [3.05, 3.63) is 29.3 Å². The van der Waals surface area contributed by atoms with E-state index < -0.39 is 5.54 Å². The summed E-state index contributed by atoms with van der Waals surface area (Å²) < 4.78 is 1.15. The Morgan fingerprint density at radius 3 is 2.63 bits per heavy atom. The molecular weight excluding hydrogens is 360 g/mol. The third-order valence-corrected chi connectivity index (χ3v) is 7.10. The summed E-state index contributed by atoms with van der Waals surface area (Å²) in [7, 11) is 1.94. The number of imide groups is 1. The third kappa shape index (κ3) is 3.34. The number of carbonyl (C=O) groups is 2. The Labute approximate surface area is 163 Å². The van der Waals surface area contributed by atoms with Crippen LogP contribution in [0.3, 0.4) is 0 Å². The molecule has 1 saturated carbocycles. The molecule has 4 rings (SSSR count). The Hall–Kier alpha value is -1.99. The molecule has 0 bridgehead atoms. The zero-order valence-electron chi connectivity index (χ0n) is 15.9. The van der Waals surface area contributed by atoms with Crippen molar-refractivity contribution in [1.82, 2.24) is 20.1 Å². The Kier molecular flexibility index (Phi) is 4.90. The standard InChI is InChI=1S/C20H26N4O2S/c1-14(17-21-15-9-5-6-10-16(15)27-17)23(2)13-24-18(25)20(22-19(24)26)11-7-3-4-8-12-20/h5-6,9-10,14H,3-4,7-8,11-13H2,1-2H3,(H,22,26)/t14-/m1/s1. The maximum absolute atomic E-state index is 13.1. The van der Waals surface area contributed by atoms with Crippen LogP contribution in [-0.2, 0) is 4.79 Å². The molecule has 2 aromatic rings. The molecule has 144 valence electrons. The molecule has 1 aliphatic heterocycles. The number of carbonyl (C=O) groups excluding carboxylic acids is 2. The number of benzene rings is 1. The summed E-state index contributed by atoms with van der Waals surface area (Å²) in [6.45, 7) is 2.35. The summed E-state index contributed by atoms with van der Waals surface area (Å²) in [6.07, 6.45) is 5.78. The minimum absolute atomic E-state index is 0.0219. The van der Waals surface area contributed by atoms with Crippen LogP contribution in [0.2, 0.25) is 0 Å². The summed E-state index contributed by atoms with van der Waals surface area (Å²) >= 11 is 1.66. The summed E-state index contributed by atoms with van der Waals surface area (Å²) in [5, 5.41) is 4.01. The molecular formula is C20H26N4O2S. The van der Waals surface area contributed by atoms with Gasteiger partial charge in [-0.15, -0.1) is 11.3 Å². The molecule has 1 aromatic heterocycles. The first-order valence-electron chi connectivity index (χ1n) is 9.70. The highest BCUT2D eigenvalue weighted by Gasteiger charge is 2.50. The average molecular weight is 387 g/mol. The van der Waals surface area contributed by atoms with Crippen molar-refractivity contribution in [2.75, 3.05) is 13.7 Å². The van der Waals surface area contributed by atoms with Crippen LogP contribution in [0.25, 0.3) is 10.2 Å². The van der Waals surface area contributed by atoms with Gasteiger partial charge in [-0.25, -0.2) is 14.7 Å². The number of urea groups is 1. The quantitative estimate of drug-likeness (QED) is 0.810. The van der Waals surface area contributed by atoms with Crippen LogP contribution in [0.4, 0.5) is 4.79 Å². The zero-order chi connectivity index (χ0) is 19.0. The molecule has 1 aliphatic carbocycles. The summed E-state index contributed by atoms with van der Waals surface area (Å²) in [4.78, 5) is 33.8. The highest BCUT2D eigenvalue weighted by atomic mass is 32.1. The lowest BCUT2D eigenvalue weighted by atomic mass is 9.90. The van der Waals surface area contributed by atoms with E-state index in [1.807, 2.05) is 30.1 Å². The van der Waals surface area contributed by atoms with Gasteiger partial charge in [0, 0.05) is 0 Å². The molecule has 1 N–H and O–H groups in total. The SMILES string of the molecule is C[C@H](c1nc2ccccc2s1)N(C)CN1C(=O)NC2(CCCCCC2)C1=O. The Balaban J connectivity index is 1.49. The maximum Gasteiger partial charge on any atom is 0.326 e. The van der Waals surface area contributed by atoms with E-state index in [9.17, 15) is 9.59 Å². The van der Waals surface area contributed by atoms with Crippen LogP contribution in [0.15, 0.2) is 24.3 Å². The van der Waals surface area contributed by atoms with Crippen LogP contribution in [-0.4, -0.2) is 46.0 Å². The first kappa shape index (κ1) is 18.4. The summed E-state index contributed by atoms with van der Waals surface area (Å²) in [5.74, 6) is -0.0576. The molecule has 27 heavy (non-hydrogen) atoms. The van der Waals surface area contributed by atoms with Gasteiger partial charge in [0.2, 0.25) is 0 Å². The predicted octanol–water partition coefficient (Wildman–Crippen LogP) is 3.89. The highest BCUT2D eigenvalue weighted by Crippen LogP contribution is 2.34. The monoisotopic (exact) mass is 386 g/mol. The fourth-order valence-corrected chi connectivity index (χ4v) is 5.16. The Bertz CT molecular complexity index is 824. The lowest BCUT2D eigenvalue weighted by molar-refractivity contribution is -0.133. The number of nitrogens with zero attached hydrogens (tertiary/aromatic N) is 3. The van der Waals surface area contributed by atoms with Crippen molar-refractivity contribution in [3.8, 4) is 0 Å². The van der Waals surface area contributed by atoms with E-state index in [1.54, 1.807) is 11.3 Å². The number of hydrogen-bond acceptors (Lipinski definition) is 5. The van der Waals surface area contributed by atoms with E-state index in [2.05, 4.69) is 18.3 Å². The lowest BCUT2D eigenvalue weighted by Gasteiger charge is -2.28. The molecule has 1 atom stereocenters. The minimum Gasteiger partial charge on any atom is -0.323 e. The topological polar surface area (TPSA) is 65.5 Å². The molecule has 1 saturated heterocycles. The van der Waals surface area contributed by atoms with Gasteiger partial charge in [-0.2, -0.15) is 0 Å². The van der Waals surface area contributed by atoms with Gasteiger partial charge in [0.25, 0.3) is 5.91 Å². The van der Waals surface area contributed by atoms with E-state index in [1.165, 1.54) is 4.90 Å². The zero-order valence-corrected chi connectivity index (χ0v) is 16.7. The third-order valence-electron chi connectivity index (χ3n) is 5.90. The second kappa shape index (κ2) is 7.20. The van der Waals surface area contributed by atoms with Gasteiger partial charge in [-0.05, 0) is 38.9 Å². The molecule has 0 radical (unpaired) electrons. The van der Waals surface area contributed by atoms with E-state index in [0.717, 1.165) is 53.7 Å². The smallest absolute Gasteiger partial charge is 0.323 e. The first-order valence-corrected chi connectivity index (χ1v) is 10.5. The van der Waals surface area contributed by atoms with Crippen molar-refractivity contribution >= 4 is 33.5 Å². The number of hydrogen-bond donors (Lipinski definition) is 1. The second-order valence-electron chi connectivity index (χ2n) is 7.75. The summed E-state index contributed by atoms with van der Waals surface area (Å²) in [5.41, 5.74) is 0.318. The van der Waals surface area contributed by atoms with Crippen LogP contribution < -0.4 is 5.32 Å². The number of para-hydroxylation sites is 1. The predicted molar refractivity (Wildman–Crippen MR) is 106 cm³/mol. The van der Waals surface area contributed by atoms with Crippen molar-refractivity contribution in [2.45, 2.75) is 57.0 Å². The Morgan fingerprint density at radius 1 is 1.22 bits per heavy atom. The van der Waals surface area contributed by atoms with Gasteiger partial charge in [-0.3, -0.25) is 9.69 Å². The normalized spacial score (nSPS) is 21.1. The highest BCUT2D eigenvalue weighted by molar-refractivity contribution is 7.18.